The van der Waals surface area contributed by atoms with Gasteiger partial charge in [0.05, 0.1) is 27.6 Å². The third-order valence-electron chi connectivity index (χ3n) is 3.49. The molecule has 1 amide bonds. The van der Waals surface area contributed by atoms with Gasteiger partial charge >= 0.3 is 6.18 Å². The molecule has 1 heterocycles. The Bertz CT molecular complexity index is 1000. The van der Waals surface area contributed by atoms with Gasteiger partial charge in [-0.2, -0.15) is 13.2 Å². The average Bonchev–Trinajstić information content (AvgIpc) is 2.58. The normalized spacial score (nSPS) is 14.2. The summed E-state index contributed by atoms with van der Waals surface area (Å²) in [6, 6.07) is 4.78. The molecule has 0 spiro atoms. The first-order chi connectivity index (χ1) is 12.8. The number of alkyl halides is 3. The van der Waals surface area contributed by atoms with Crippen LogP contribution in [-0.2, 0) is 14.8 Å². The third-order valence-corrected chi connectivity index (χ3v) is 5.91. The monoisotopic (exact) mass is 457 g/mol. The van der Waals surface area contributed by atoms with Crippen molar-refractivity contribution in [3.8, 4) is 0 Å². The molecule has 0 bridgehead atoms. The number of hydrogen-bond donors (Lipinski definition) is 3. The van der Waals surface area contributed by atoms with Crippen LogP contribution in [0.3, 0.4) is 0 Å². The Morgan fingerprint density at radius 2 is 1.82 bits per heavy atom. The first-order valence-electron chi connectivity index (χ1n) is 7.29. The van der Waals surface area contributed by atoms with Gasteiger partial charge in [0.15, 0.2) is 0 Å². The highest BCUT2D eigenvalue weighted by atomic mass is 35.5. The second-order valence-corrected chi connectivity index (χ2v) is 8.02. The zero-order valence-corrected chi connectivity index (χ0v) is 16.2. The number of aliphatic hydroxyl groups is 1. The lowest BCUT2D eigenvalue weighted by Gasteiger charge is -2.25. The number of rotatable bonds is 5. The number of pyridine rings is 1. The van der Waals surface area contributed by atoms with E-state index in [-0.39, 0.29) is 12.6 Å². The van der Waals surface area contributed by atoms with Gasteiger partial charge in [-0.05, 0) is 31.2 Å². The Kier molecular flexibility index (Phi) is 6.14. The maximum Gasteiger partial charge on any atom is 0.426 e. The van der Waals surface area contributed by atoms with Crippen LogP contribution in [0.25, 0.3) is 0 Å². The predicted octanol–water partition coefficient (Wildman–Crippen LogP) is 3.44. The molecule has 1 aromatic heterocycles. The molecule has 1 atom stereocenters. The summed E-state index contributed by atoms with van der Waals surface area (Å²) in [7, 11) is -4.21. The van der Waals surface area contributed by atoms with E-state index in [1.54, 1.807) is 5.32 Å². The van der Waals surface area contributed by atoms with Gasteiger partial charge in [0.25, 0.3) is 15.9 Å². The van der Waals surface area contributed by atoms with Crippen molar-refractivity contribution in [3.63, 3.8) is 0 Å². The average molecular weight is 458 g/mol. The van der Waals surface area contributed by atoms with E-state index in [0.717, 1.165) is 12.1 Å². The van der Waals surface area contributed by atoms with Crippen LogP contribution in [0.1, 0.15) is 6.92 Å². The van der Waals surface area contributed by atoms with Gasteiger partial charge in [0, 0.05) is 6.20 Å². The number of benzene rings is 1. The summed E-state index contributed by atoms with van der Waals surface area (Å²) >= 11 is 11.8. The van der Waals surface area contributed by atoms with E-state index < -0.39 is 48.3 Å². The van der Waals surface area contributed by atoms with Crippen molar-refractivity contribution >= 4 is 50.5 Å². The molecule has 0 aliphatic carbocycles. The van der Waals surface area contributed by atoms with Crippen LogP contribution in [-0.4, -0.2) is 36.2 Å². The van der Waals surface area contributed by atoms with Crippen LogP contribution in [0.15, 0.2) is 41.6 Å². The smallest absolute Gasteiger partial charge is 0.373 e. The molecule has 28 heavy (non-hydrogen) atoms. The van der Waals surface area contributed by atoms with E-state index in [1.807, 2.05) is 0 Å². The number of hydrogen-bond acceptors (Lipinski definition) is 5. The fourth-order valence-electron chi connectivity index (χ4n) is 1.84. The standard InChI is InChI=1S/C15H12Cl2F3N3O4S/c1-14(25,15(18,19)20)13(24)22-9-4-5-10(12(17)11(9)16)28(26,27)23-8-3-2-6-21-7-8/h2-7,23,25H,1H3,(H,22,24)/t14-/m1/s1. The van der Waals surface area contributed by atoms with Crippen molar-refractivity contribution in [1.29, 1.82) is 0 Å². The molecule has 0 saturated carbocycles. The maximum absolute atomic E-state index is 12.7. The summed E-state index contributed by atoms with van der Waals surface area (Å²) in [5.41, 5.74) is -3.98. The van der Waals surface area contributed by atoms with E-state index in [0.29, 0.717) is 0 Å². The molecule has 1 aromatic carbocycles. The van der Waals surface area contributed by atoms with Crippen molar-refractivity contribution < 1.29 is 31.5 Å². The van der Waals surface area contributed by atoms with Crippen molar-refractivity contribution in [2.45, 2.75) is 23.6 Å². The minimum Gasteiger partial charge on any atom is -0.373 e. The summed E-state index contributed by atoms with van der Waals surface area (Å²) in [5.74, 6) is -1.82. The largest absolute Gasteiger partial charge is 0.426 e. The molecule has 2 rings (SSSR count). The SMILES string of the molecule is C[C@@](O)(C(=O)Nc1ccc(S(=O)(=O)Nc2cccnc2)c(Cl)c1Cl)C(F)(F)F. The second-order valence-electron chi connectivity index (χ2n) is 5.61. The van der Waals surface area contributed by atoms with E-state index in [1.165, 1.54) is 24.5 Å². The zero-order valence-electron chi connectivity index (χ0n) is 13.9. The highest BCUT2D eigenvalue weighted by Gasteiger charge is 2.55. The number of carbonyl (C=O) groups is 1. The molecule has 0 fully saturated rings. The minimum absolute atomic E-state index is 0.133. The predicted molar refractivity (Wildman–Crippen MR) is 96.8 cm³/mol. The molecule has 0 saturated heterocycles. The number of nitrogens with one attached hydrogen (secondary N) is 2. The molecule has 0 radical (unpaired) electrons. The summed E-state index contributed by atoms with van der Waals surface area (Å²) in [6.45, 7) is 0.258. The number of nitrogens with zero attached hydrogens (tertiary/aromatic N) is 1. The van der Waals surface area contributed by atoms with Gasteiger partial charge in [-0.1, -0.05) is 23.2 Å². The van der Waals surface area contributed by atoms with E-state index >= 15 is 0 Å². The van der Waals surface area contributed by atoms with Crippen molar-refractivity contribution in [2.24, 2.45) is 0 Å². The Balaban J connectivity index is 2.34. The van der Waals surface area contributed by atoms with Gasteiger partial charge in [0.1, 0.15) is 4.90 Å². The lowest BCUT2D eigenvalue weighted by atomic mass is 10.1. The summed E-state index contributed by atoms with van der Waals surface area (Å²) in [6.07, 6.45) is -2.58. The van der Waals surface area contributed by atoms with Gasteiger partial charge < -0.3 is 10.4 Å². The number of sulfonamides is 1. The van der Waals surface area contributed by atoms with Crippen LogP contribution >= 0.6 is 23.2 Å². The highest BCUT2D eigenvalue weighted by Crippen LogP contribution is 2.37. The van der Waals surface area contributed by atoms with Crippen LogP contribution in [0.4, 0.5) is 24.5 Å². The molecular formula is C15H12Cl2F3N3O4S. The van der Waals surface area contributed by atoms with Gasteiger partial charge in [-0.3, -0.25) is 14.5 Å². The van der Waals surface area contributed by atoms with Crippen molar-refractivity contribution in [1.82, 2.24) is 4.98 Å². The molecular weight excluding hydrogens is 446 g/mol. The third kappa shape index (κ3) is 4.49. The Morgan fingerprint density at radius 1 is 1.18 bits per heavy atom. The molecule has 152 valence electrons. The number of aromatic nitrogens is 1. The fourth-order valence-corrected chi connectivity index (χ4v) is 3.71. The molecule has 13 heteroatoms. The van der Waals surface area contributed by atoms with Gasteiger partial charge in [-0.25, -0.2) is 8.42 Å². The van der Waals surface area contributed by atoms with E-state index in [4.69, 9.17) is 23.2 Å². The quantitative estimate of drug-likeness (QED) is 0.637. The van der Waals surface area contributed by atoms with Crippen LogP contribution in [0, 0.1) is 0 Å². The molecule has 7 nitrogen and oxygen atoms in total. The summed E-state index contributed by atoms with van der Waals surface area (Å²) in [4.78, 5) is 15.0. The molecule has 2 aromatic rings. The van der Waals surface area contributed by atoms with Gasteiger partial charge in [0.2, 0.25) is 5.60 Å². The van der Waals surface area contributed by atoms with Crippen LogP contribution in [0.2, 0.25) is 10.0 Å². The number of halogens is 5. The fraction of sp³-hybridized carbons (Fsp3) is 0.200. The lowest BCUT2D eigenvalue weighted by molar-refractivity contribution is -0.242. The van der Waals surface area contributed by atoms with Crippen LogP contribution in [0.5, 0.6) is 0 Å². The van der Waals surface area contributed by atoms with E-state index in [9.17, 15) is 31.5 Å². The Hall–Kier alpha value is -2.08. The number of amides is 1. The Labute approximate surface area is 167 Å². The summed E-state index contributed by atoms with van der Waals surface area (Å²) < 4.78 is 65.3. The second kappa shape index (κ2) is 7.74. The molecule has 0 aliphatic rings. The van der Waals surface area contributed by atoms with Gasteiger partial charge in [-0.15, -0.1) is 0 Å². The first-order valence-corrected chi connectivity index (χ1v) is 9.52. The first kappa shape index (κ1) is 22.2. The van der Waals surface area contributed by atoms with Crippen molar-refractivity contribution in [2.75, 3.05) is 10.0 Å². The Morgan fingerprint density at radius 3 is 2.36 bits per heavy atom. The van der Waals surface area contributed by atoms with Crippen molar-refractivity contribution in [3.05, 3.63) is 46.7 Å². The topological polar surface area (TPSA) is 108 Å². The summed E-state index contributed by atoms with van der Waals surface area (Å²) in [5, 5.41) is 10.1. The minimum atomic E-state index is -5.25. The number of anilines is 2. The molecule has 0 unspecified atom stereocenters. The van der Waals surface area contributed by atoms with E-state index in [2.05, 4.69) is 9.71 Å². The number of carbonyl (C=O) groups excluding carboxylic acids is 1. The molecule has 3 N–H and O–H groups in total. The van der Waals surface area contributed by atoms with Crippen LogP contribution < -0.4 is 10.0 Å². The highest BCUT2D eigenvalue weighted by molar-refractivity contribution is 7.92. The molecule has 0 aliphatic heterocycles. The maximum atomic E-state index is 12.7. The zero-order chi connectivity index (χ0) is 21.3. The lowest BCUT2D eigenvalue weighted by Crippen LogP contribution is -2.52.